The molecule has 2 aliphatic rings. The summed E-state index contributed by atoms with van der Waals surface area (Å²) < 4.78 is 5.76. The fraction of sp³-hybridized carbons (Fsp3) is 0.650. The van der Waals surface area contributed by atoms with E-state index >= 15 is 0 Å². The third-order valence-corrected chi connectivity index (χ3v) is 5.28. The number of para-hydroxylation sites is 1. The first kappa shape index (κ1) is 18.1. The lowest BCUT2D eigenvalue weighted by molar-refractivity contribution is 0.252. The Kier molecular flexibility index (Phi) is 6.56. The van der Waals surface area contributed by atoms with Crippen molar-refractivity contribution in [3.05, 3.63) is 29.8 Å². The van der Waals surface area contributed by atoms with E-state index in [9.17, 15) is 0 Å². The maximum absolute atomic E-state index is 5.76. The minimum atomic E-state index is 0.260. The van der Waals surface area contributed by atoms with Gasteiger partial charge in [0.2, 0.25) is 0 Å². The molecule has 2 N–H and O–H groups in total. The second kappa shape index (κ2) is 9.09. The first-order chi connectivity index (χ1) is 12.3. The van der Waals surface area contributed by atoms with E-state index in [1.165, 1.54) is 31.2 Å². The standard InChI is InChI=1S/C20H32N4O/c1-3-21-20(22-13-14-24(2)16-8-4-5-9-16)23-18-12-15-25-19-11-7-6-10-17(18)19/h6-7,10-11,16,18H,3-5,8-9,12-15H2,1-2H3,(H2,21,22,23). The summed E-state index contributed by atoms with van der Waals surface area (Å²) in [5.74, 6) is 1.90. The summed E-state index contributed by atoms with van der Waals surface area (Å²) in [7, 11) is 2.24. The Labute approximate surface area is 151 Å². The summed E-state index contributed by atoms with van der Waals surface area (Å²) in [6, 6.07) is 9.30. The van der Waals surface area contributed by atoms with Crippen LogP contribution < -0.4 is 15.4 Å². The van der Waals surface area contributed by atoms with Gasteiger partial charge in [0.05, 0.1) is 19.2 Å². The van der Waals surface area contributed by atoms with E-state index < -0.39 is 0 Å². The SMILES string of the molecule is CCNC(=NCCN(C)C1CCCC1)NC1CCOc2ccccc21. The number of rotatable bonds is 6. The van der Waals surface area contributed by atoms with Gasteiger partial charge in [0.15, 0.2) is 5.96 Å². The average molecular weight is 345 g/mol. The number of nitrogens with zero attached hydrogens (tertiary/aromatic N) is 2. The molecule has 0 saturated heterocycles. The number of hydrogen-bond donors (Lipinski definition) is 2. The zero-order valence-electron chi connectivity index (χ0n) is 15.6. The highest BCUT2D eigenvalue weighted by Crippen LogP contribution is 2.31. The number of guanidine groups is 1. The van der Waals surface area contributed by atoms with Crippen molar-refractivity contribution in [1.29, 1.82) is 0 Å². The van der Waals surface area contributed by atoms with Gasteiger partial charge in [-0.15, -0.1) is 0 Å². The van der Waals surface area contributed by atoms with Gasteiger partial charge in [0, 0.05) is 31.1 Å². The number of fused-ring (bicyclic) bond motifs is 1. The molecule has 1 unspecified atom stereocenters. The van der Waals surface area contributed by atoms with E-state index in [4.69, 9.17) is 9.73 Å². The number of aliphatic imine (C=N–C) groups is 1. The van der Waals surface area contributed by atoms with E-state index in [0.717, 1.165) is 50.4 Å². The van der Waals surface area contributed by atoms with Crippen LogP contribution in [0.5, 0.6) is 5.75 Å². The van der Waals surface area contributed by atoms with E-state index in [0.29, 0.717) is 0 Å². The minimum Gasteiger partial charge on any atom is -0.493 e. The number of hydrogen-bond acceptors (Lipinski definition) is 3. The van der Waals surface area contributed by atoms with Gasteiger partial charge in [-0.2, -0.15) is 0 Å². The van der Waals surface area contributed by atoms with Crippen molar-refractivity contribution < 1.29 is 4.74 Å². The van der Waals surface area contributed by atoms with Gasteiger partial charge in [0.25, 0.3) is 0 Å². The first-order valence-corrected chi connectivity index (χ1v) is 9.74. The second-order valence-corrected chi connectivity index (χ2v) is 7.05. The van der Waals surface area contributed by atoms with Gasteiger partial charge >= 0.3 is 0 Å². The minimum absolute atomic E-state index is 0.260. The lowest BCUT2D eigenvalue weighted by Crippen LogP contribution is -2.41. The number of benzene rings is 1. The lowest BCUT2D eigenvalue weighted by Gasteiger charge is -2.28. The van der Waals surface area contributed by atoms with Crippen LogP contribution in [-0.2, 0) is 0 Å². The Morgan fingerprint density at radius 1 is 1.24 bits per heavy atom. The third-order valence-electron chi connectivity index (χ3n) is 5.28. The molecule has 1 aliphatic carbocycles. The predicted octanol–water partition coefficient (Wildman–Crippen LogP) is 2.94. The Morgan fingerprint density at radius 3 is 2.84 bits per heavy atom. The van der Waals surface area contributed by atoms with E-state index in [1.807, 2.05) is 12.1 Å². The zero-order valence-corrected chi connectivity index (χ0v) is 15.6. The van der Waals surface area contributed by atoms with Crippen LogP contribution in [0.25, 0.3) is 0 Å². The number of likely N-dealkylation sites (N-methyl/N-ethyl adjacent to an activating group) is 1. The van der Waals surface area contributed by atoms with Gasteiger partial charge in [-0.25, -0.2) is 0 Å². The van der Waals surface area contributed by atoms with Crippen LogP contribution in [0.15, 0.2) is 29.3 Å². The summed E-state index contributed by atoms with van der Waals surface area (Å²) in [5.41, 5.74) is 1.22. The molecule has 1 saturated carbocycles. The highest BCUT2D eigenvalue weighted by atomic mass is 16.5. The van der Waals surface area contributed by atoms with Gasteiger partial charge in [0.1, 0.15) is 5.75 Å². The van der Waals surface area contributed by atoms with Crippen LogP contribution in [0.2, 0.25) is 0 Å². The molecule has 5 heteroatoms. The highest BCUT2D eigenvalue weighted by Gasteiger charge is 2.22. The van der Waals surface area contributed by atoms with Crippen LogP contribution in [0.1, 0.15) is 50.6 Å². The summed E-state index contributed by atoms with van der Waals surface area (Å²) in [6.07, 6.45) is 6.41. The van der Waals surface area contributed by atoms with Gasteiger partial charge < -0.3 is 20.3 Å². The van der Waals surface area contributed by atoms with Gasteiger partial charge in [-0.1, -0.05) is 31.0 Å². The van der Waals surface area contributed by atoms with Crippen molar-refractivity contribution >= 4 is 5.96 Å². The molecule has 1 aliphatic heterocycles. The first-order valence-electron chi connectivity index (χ1n) is 9.74. The third kappa shape index (κ3) is 4.88. The van der Waals surface area contributed by atoms with Crippen LogP contribution >= 0.6 is 0 Å². The zero-order chi connectivity index (χ0) is 17.5. The maximum atomic E-state index is 5.76. The van der Waals surface area contributed by atoms with Crippen molar-refractivity contribution in [3.63, 3.8) is 0 Å². The van der Waals surface area contributed by atoms with Gasteiger partial charge in [-0.05, 0) is 32.9 Å². The van der Waals surface area contributed by atoms with Crippen molar-refractivity contribution in [2.75, 3.05) is 33.3 Å². The predicted molar refractivity (Wildman–Crippen MR) is 103 cm³/mol. The van der Waals surface area contributed by atoms with Crippen molar-refractivity contribution in [1.82, 2.24) is 15.5 Å². The van der Waals surface area contributed by atoms with Crippen LogP contribution in [-0.4, -0.2) is 50.2 Å². The van der Waals surface area contributed by atoms with Crippen LogP contribution in [0, 0.1) is 0 Å². The number of nitrogens with one attached hydrogen (secondary N) is 2. The molecule has 1 aromatic rings. The van der Waals surface area contributed by atoms with E-state index in [2.05, 4.69) is 41.6 Å². The summed E-state index contributed by atoms with van der Waals surface area (Å²) in [4.78, 5) is 7.28. The Bertz CT molecular complexity index is 569. The molecule has 1 atom stereocenters. The molecule has 0 amide bonds. The molecule has 1 fully saturated rings. The molecular weight excluding hydrogens is 312 g/mol. The Morgan fingerprint density at radius 2 is 2.04 bits per heavy atom. The summed E-state index contributed by atoms with van der Waals surface area (Å²) in [5, 5.41) is 6.98. The molecule has 0 radical (unpaired) electrons. The molecule has 138 valence electrons. The van der Waals surface area contributed by atoms with Crippen molar-refractivity contribution in [3.8, 4) is 5.75 Å². The normalized spacial score (nSPS) is 21.1. The topological polar surface area (TPSA) is 48.9 Å². The largest absolute Gasteiger partial charge is 0.493 e. The lowest BCUT2D eigenvalue weighted by atomic mass is 10.0. The molecule has 25 heavy (non-hydrogen) atoms. The number of ether oxygens (including phenoxy) is 1. The molecular formula is C20H32N4O. The monoisotopic (exact) mass is 344 g/mol. The molecule has 0 aromatic heterocycles. The second-order valence-electron chi connectivity index (χ2n) is 7.05. The fourth-order valence-electron chi connectivity index (χ4n) is 3.82. The smallest absolute Gasteiger partial charge is 0.191 e. The average Bonchev–Trinajstić information content (AvgIpc) is 3.17. The molecule has 5 nitrogen and oxygen atoms in total. The van der Waals surface area contributed by atoms with Crippen LogP contribution in [0.3, 0.4) is 0 Å². The molecule has 0 bridgehead atoms. The van der Waals surface area contributed by atoms with Crippen molar-refractivity contribution in [2.45, 2.75) is 51.1 Å². The molecule has 3 rings (SSSR count). The summed E-state index contributed by atoms with van der Waals surface area (Å²) in [6.45, 7) is 5.58. The van der Waals surface area contributed by atoms with E-state index in [-0.39, 0.29) is 6.04 Å². The molecule has 1 aromatic carbocycles. The van der Waals surface area contributed by atoms with Crippen molar-refractivity contribution in [2.24, 2.45) is 4.99 Å². The summed E-state index contributed by atoms with van der Waals surface area (Å²) >= 11 is 0. The van der Waals surface area contributed by atoms with Crippen LogP contribution in [0.4, 0.5) is 0 Å². The Balaban J connectivity index is 1.57. The fourth-order valence-corrected chi connectivity index (χ4v) is 3.82. The maximum Gasteiger partial charge on any atom is 0.191 e. The molecule has 1 heterocycles. The van der Waals surface area contributed by atoms with E-state index in [1.54, 1.807) is 0 Å². The highest BCUT2D eigenvalue weighted by molar-refractivity contribution is 5.80. The van der Waals surface area contributed by atoms with Gasteiger partial charge in [-0.3, -0.25) is 4.99 Å². The quantitative estimate of drug-likeness (QED) is 0.615. The molecule has 0 spiro atoms. The Hall–Kier alpha value is -1.75.